The minimum absolute atomic E-state index is 0.0178. The minimum atomic E-state index is -0.937. The summed E-state index contributed by atoms with van der Waals surface area (Å²) in [4.78, 5) is 33.5. The molecule has 11 nitrogen and oxygen atoms in total. The van der Waals surface area contributed by atoms with Gasteiger partial charge < -0.3 is 10.1 Å². The summed E-state index contributed by atoms with van der Waals surface area (Å²) in [5.41, 5.74) is 5.02. The van der Waals surface area contributed by atoms with Crippen molar-refractivity contribution < 1.29 is 19.2 Å². The molecule has 3 N–H and O–H groups in total. The Bertz CT molecular complexity index is 1100. The van der Waals surface area contributed by atoms with E-state index in [0.717, 1.165) is 5.56 Å². The summed E-state index contributed by atoms with van der Waals surface area (Å²) in [7, 11) is 0. The number of alkyl carbamates (subject to hydrolysis) is 1. The quantitative estimate of drug-likeness (QED) is 0.186. The summed E-state index contributed by atoms with van der Waals surface area (Å²) in [6.45, 7) is 3.45. The first-order valence-electron chi connectivity index (χ1n) is 9.34. The first-order valence-corrected chi connectivity index (χ1v) is 9.34. The van der Waals surface area contributed by atoms with Crippen molar-refractivity contribution in [2.24, 2.45) is 5.10 Å². The minimum Gasteiger partial charge on any atom is -0.450 e. The molecule has 0 aliphatic heterocycles. The number of hydrogen-bond donors (Lipinski definition) is 3. The number of non-ortho nitro benzene ring substituents is 1. The molecule has 0 fully saturated rings. The number of nitro groups is 1. The second kappa shape index (κ2) is 11.5. The van der Waals surface area contributed by atoms with Gasteiger partial charge in [0, 0.05) is 24.0 Å². The van der Waals surface area contributed by atoms with E-state index in [2.05, 4.69) is 20.6 Å². The maximum atomic E-state index is 11.9. The van der Waals surface area contributed by atoms with Crippen molar-refractivity contribution in [2.45, 2.75) is 13.8 Å². The molecule has 164 valence electrons. The van der Waals surface area contributed by atoms with Crippen LogP contribution < -0.4 is 16.1 Å². The lowest BCUT2D eigenvalue weighted by molar-refractivity contribution is -0.384. The summed E-state index contributed by atoms with van der Waals surface area (Å²) in [5.74, 6) is -0.889. The lowest BCUT2D eigenvalue weighted by Gasteiger charge is -2.07. The van der Waals surface area contributed by atoms with Gasteiger partial charge >= 0.3 is 6.09 Å². The van der Waals surface area contributed by atoms with Gasteiger partial charge in [0.15, 0.2) is 0 Å². The van der Waals surface area contributed by atoms with Gasteiger partial charge in [0.2, 0.25) is 0 Å². The van der Waals surface area contributed by atoms with E-state index < -0.39 is 16.9 Å². The number of rotatable bonds is 8. The van der Waals surface area contributed by atoms with Crippen LogP contribution in [0.2, 0.25) is 0 Å². The van der Waals surface area contributed by atoms with Gasteiger partial charge in [0.25, 0.3) is 11.6 Å². The van der Waals surface area contributed by atoms with Crippen LogP contribution in [0.4, 0.5) is 21.9 Å². The van der Waals surface area contributed by atoms with Crippen LogP contribution >= 0.6 is 0 Å². The first kappa shape index (κ1) is 23.6. The number of carbonyl (C=O) groups is 2. The number of benzene rings is 2. The third kappa shape index (κ3) is 6.96. The lowest BCUT2D eigenvalue weighted by atomic mass is 10.1. The van der Waals surface area contributed by atoms with Crippen molar-refractivity contribution in [1.82, 2.24) is 5.32 Å². The zero-order chi connectivity index (χ0) is 23.5. The van der Waals surface area contributed by atoms with E-state index >= 15 is 0 Å². The highest BCUT2D eigenvalue weighted by atomic mass is 16.6. The van der Waals surface area contributed by atoms with Gasteiger partial charge in [-0.1, -0.05) is 12.1 Å². The average molecular weight is 436 g/mol. The van der Waals surface area contributed by atoms with Gasteiger partial charge in [-0.2, -0.15) is 10.4 Å². The van der Waals surface area contributed by atoms with E-state index in [4.69, 9.17) is 5.26 Å². The number of carbonyl (C=O) groups excluding carboxylic acids is 2. The molecule has 0 bridgehead atoms. The number of nitrogens with zero attached hydrogens (tertiary/aromatic N) is 3. The molecule has 2 aromatic carbocycles. The largest absolute Gasteiger partial charge is 0.450 e. The molecule has 0 aliphatic carbocycles. The molecule has 32 heavy (non-hydrogen) atoms. The fourth-order valence-corrected chi connectivity index (χ4v) is 2.34. The molecule has 0 saturated heterocycles. The Morgan fingerprint density at radius 3 is 2.56 bits per heavy atom. The summed E-state index contributed by atoms with van der Waals surface area (Å²) >= 11 is 0. The van der Waals surface area contributed by atoms with Crippen molar-refractivity contribution in [3.63, 3.8) is 0 Å². The van der Waals surface area contributed by atoms with Crippen LogP contribution in [0.5, 0.6) is 0 Å². The molecule has 0 atom stereocenters. The Hall–Kier alpha value is -4.72. The predicted molar refractivity (Wildman–Crippen MR) is 118 cm³/mol. The molecule has 2 aromatic rings. The standard InChI is InChI=1S/C21H20N6O5/c1-3-32-21(29)24-20(28)16(12-22)13-23-18-6-4-5-15(11-18)14(2)25-26-17-7-9-19(10-8-17)27(30)31/h4-11,13,23,26H,3H2,1-2H3,(H,24,28,29). The predicted octanol–water partition coefficient (Wildman–Crippen LogP) is 3.52. The third-order valence-electron chi connectivity index (χ3n) is 3.95. The topological polar surface area (TPSA) is 159 Å². The van der Waals surface area contributed by atoms with E-state index in [1.807, 2.05) is 11.4 Å². The van der Waals surface area contributed by atoms with Gasteiger partial charge in [-0.3, -0.25) is 25.7 Å². The molecular weight excluding hydrogens is 416 g/mol. The van der Waals surface area contributed by atoms with Gasteiger partial charge in [-0.05, 0) is 43.7 Å². The van der Waals surface area contributed by atoms with Gasteiger partial charge in [0.05, 0.1) is 22.9 Å². The molecule has 0 spiro atoms. The Morgan fingerprint density at radius 1 is 1.22 bits per heavy atom. The number of imide groups is 1. The van der Waals surface area contributed by atoms with E-state index in [0.29, 0.717) is 17.1 Å². The number of hydrogen-bond acceptors (Lipinski definition) is 9. The van der Waals surface area contributed by atoms with Gasteiger partial charge in [0.1, 0.15) is 11.6 Å². The van der Waals surface area contributed by atoms with Crippen LogP contribution in [-0.4, -0.2) is 29.2 Å². The number of ether oxygens (including phenoxy) is 1. The van der Waals surface area contributed by atoms with E-state index in [1.54, 1.807) is 50.2 Å². The highest BCUT2D eigenvalue weighted by molar-refractivity contribution is 6.05. The number of nitro benzene ring substituents is 1. The molecule has 11 heteroatoms. The van der Waals surface area contributed by atoms with Crippen LogP contribution in [0.3, 0.4) is 0 Å². The first-order chi connectivity index (χ1) is 15.3. The van der Waals surface area contributed by atoms with Crippen molar-refractivity contribution in [3.8, 4) is 6.07 Å². The van der Waals surface area contributed by atoms with Crippen LogP contribution in [-0.2, 0) is 9.53 Å². The zero-order valence-corrected chi connectivity index (χ0v) is 17.3. The van der Waals surface area contributed by atoms with Gasteiger partial charge in [-0.15, -0.1) is 0 Å². The monoisotopic (exact) mass is 436 g/mol. The van der Waals surface area contributed by atoms with Crippen LogP contribution in [0.1, 0.15) is 19.4 Å². The summed E-state index contributed by atoms with van der Waals surface area (Å²) in [5, 5.41) is 28.9. The molecule has 2 amide bonds. The normalized spacial score (nSPS) is 11.2. The summed E-state index contributed by atoms with van der Waals surface area (Å²) in [6, 6.07) is 14.6. The zero-order valence-electron chi connectivity index (χ0n) is 17.3. The average Bonchev–Trinajstić information content (AvgIpc) is 2.78. The second-order valence-corrected chi connectivity index (χ2v) is 6.18. The lowest BCUT2D eigenvalue weighted by Crippen LogP contribution is -2.32. The molecule has 0 unspecified atom stereocenters. The molecule has 0 aromatic heterocycles. The molecule has 0 saturated carbocycles. The smallest absolute Gasteiger partial charge is 0.414 e. The number of anilines is 2. The summed E-state index contributed by atoms with van der Waals surface area (Å²) < 4.78 is 4.61. The van der Waals surface area contributed by atoms with E-state index in [1.165, 1.54) is 18.3 Å². The van der Waals surface area contributed by atoms with Crippen molar-refractivity contribution >= 4 is 34.8 Å². The maximum Gasteiger partial charge on any atom is 0.414 e. The fraction of sp³-hybridized carbons (Fsp3) is 0.143. The maximum absolute atomic E-state index is 11.9. The van der Waals surface area contributed by atoms with Crippen LogP contribution in [0.25, 0.3) is 0 Å². The Morgan fingerprint density at radius 2 is 1.94 bits per heavy atom. The van der Waals surface area contributed by atoms with Crippen molar-refractivity contribution in [1.29, 1.82) is 5.26 Å². The van der Waals surface area contributed by atoms with Crippen molar-refractivity contribution in [2.75, 3.05) is 17.3 Å². The molecule has 2 rings (SSSR count). The van der Waals surface area contributed by atoms with Gasteiger partial charge in [-0.25, -0.2) is 4.79 Å². The molecular formula is C21H20N6O5. The highest BCUT2D eigenvalue weighted by Crippen LogP contribution is 2.16. The number of nitriles is 1. The molecule has 0 aliphatic rings. The molecule has 0 radical (unpaired) electrons. The van der Waals surface area contributed by atoms with E-state index in [-0.39, 0.29) is 17.9 Å². The number of nitrogens with one attached hydrogen (secondary N) is 3. The van der Waals surface area contributed by atoms with Crippen LogP contribution in [0.15, 0.2) is 65.4 Å². The highest BCUT2D eigenvalue weighted by Gasteiger charge is 2.13. The summed E-state index contributed by atoms with van der Waals surface area (Å²) in [6.07, 6.45) is 0.239. The Labute approximate surface area is 183 Å². The number of hydrazone groups is 1. The SMILES string of the molecule is CCOC(=O)NC(=O)C(C#N)=CNc1cccc(C(C)=NNc2ccc([N+](=O)[O-])cc2)c1. The van der Waals surface area contributed by atoms with Crippen LogP contribution in [0, 0.1) is 21.4 Å². The molecule has 0 heterocycles. The van der Waals surface area contributed by atoms with Crippen molar-refractivity contribution in [3.05, 3.63) is 76.0 Å². The van der Waals surface area contributed by atoms with E-state index in [9.17, 15) is 19.7 Å². The Balaban J connectivity index is 2.06. The Kier molecular flexibility index (Phi) is 8.44. The fourth-order valence-electron chi connectivity index (χ4n) is 2.34. The third-order valence-corrected chi connectivity index (χ3v) is 3.95. The number of amides is 2. The second-order valence-electron chi connectivity index (χ2n) is 6.18.